The fourth-order valence-corrected chi connectivity index (χ4v) is 3.89. The van der Waals surface area contributed by atoms with Crippen LogP contribution in [-0.2, 0) is 13.2 Å². The fourth-order valence-electron chi connectivity index (χ4n) is 3.89. The van der Waals surface area contributed by atoms with E-state index in [4.69, 9.17) is 9.47 Å². The van der Waals surface area contributed by atoms with Gasteiger partial charge in [-0.25, -0.2) is 0 Å². The van der Waals surface area contributed by atoms with Crippen molar-refractivity contribution in [3.8, 4) is 11.5 Å². The monoisotopic (exact) mass is 431 g/mol. The number of hydrogen-bond donors (Lipinski definition) is 1. The molecule has 1 saturated heterocycles. The van der Waals surface area contributed by atoms with Gasteiger partial charge in [-0.1, -0.05) is 36.4 Å². The predicted octanol–water partition coefficient (Wildman–Crippen LogP) is 4.06. The van der Waals surface area contributed by atoms with Crippen molar-refractivity contribution >= 4 is 5.91 Å². The Kier molecular flexibility index (Phi) is 7.35. The van der Waals surface area contributed by atoms with Gasteiger partial charge in [0, 0.05) is 37.4 Å². The van der Waals surface area contributed by atoms with Gasteiger partial charge in [-0.2, -0.15) is 0 Å². The SMILES string of the molecule is COc1cc(C(=O)NC2CCN(Cc3ccccn3)CC2)ccc1OCc1ccccc1. The molecule has 0 atom stereocenters. The number of amides is 1. The van der Waals surface area contributed by atoms with Gasteiger partial charge in [-0.3, -0.25) is 14.7 Å². The van der Waals surface area contributed by atoms with E-state index in [1.54, 1.807) is 25.3 Å². The number of hydrogen-bond acceptors (Lipinski definition) is 5. The van der Waals surface area contributed by atoms with E-state index in [1.165, 1.54) is 0 Å². The van der Waals surface area contributed by atoms with Crippen molar-refractivity contribution in [2.24, 2.45) is 0 Å². The van der Waals surface area contributed by atoms with Crippen LogP contribution >= 0.6 is 0 Å². The maximum Gasteiger partial charge on any atom is 0.251 e. The summed E-state index contributed by atoms with van der Waals surface area (Å²) in [5.41, 5.74) is 2.73. The maximum atomic E-state index is 12.8. The highest BCUT2D eigenvalue weighted by molar-refractivity contribution is 5.95. The lowest BCUT2D eigenvalue weighted by molar-refractivity contribution is 0.0908. The lowest BCUT2D eigenvalue weighted by atomic mass is 10.0. The number of rotatable bonds is 8. The van der Waals surface area contributed by atoms with E-state index in [0.29, 0.717) is 23.7 Å². The first-order chi connectivity index (χ1) is 15.7. The zero-order valence-corrected chi connectivity index (χ0v) is 18.4. The Labute approximate surface area is 189 Å². The van der Waals surface area contributed by atoms with Crippen LogP contribution in [0.3, 0.4) is 0 Å². The molecule has 6 nitrogen and oxygen atoms in total. The van der Waals surface area contributed by atoms with Gasteiger partial charge in [0.2, 0.25) is 0 Å². The summed E-state index contributed by atoms with van der Waals surface area (Å²) in [5, 5.41) is 3.17. The molecule has 1 fully saturated rings. The summed E-state index contributed by atoms with van der Waals surface area (Å²) in [4.78, 5) is 19.6. The van der Waals surface area contributed by atoms with Crippen LogP contribution in [0.2, 0.25) is 0 Å². The van der Waals surface area contributed by atoms with Crippen LogP contribution in [0.5, 0.6) is 11.5 Å². The van der Waals surface area contributed by atoms with Crippen molar-refractivity contribution in [2.45, 2.75) is 32.0 Å². The second-order valence-electron chi connectivity index (χ2n) is 7.98. The lowest BCUT2D eigenvalue weighted by Gasteiger charge is -2.32. The van der Waals surface area contributed by atoms with Crippen LogP contribution in [0.25, 0.3) is 0 Å². The molecule has 1 N–H and O–H groups in total. The van der Waals surface area contributed by atoms with E-state index in [0.717, 1.165) is 43.7 Å². The number of benzene rings is 2. The molecule has 0 unspecified atom stereocenters. The van der Waals surface area contributed by atoms with E-state index >= 15 is 0 Å². The topological polar surface area (TPSA) is 63.7 Å². The van der Waals surface area contributed by atoms with Crippen molar-refractivity contribution in [3.05, 3.63) is 89.7 Å². The number of carbonyl (C=O) groups is 1. The summed E-state index contributed by atoms with van der Waals surface area (Å²) in [5.74, 6) is 1.09. The second-order valence-corrected chi connectivity index (χ2v) is 7.98. The molecule has 1 aliphatic rings. The van der Waals surface area contributed by atoms with E-state index in [9.17, 15) is 4.79 Å². The normalized spacial score (nSPS) is 14.7. The molecule has 32 heavy (non-hydrogen) atoms. The average molecular weight is 432 g/mol. The Hall–Kier alpha value is -3.38. The molecule has 0 spiro atoms. The largest absolute Gasteiger partial charge is 0.493 e. The number of pyridine rings is 1. The highest BCUT2D eigenvalue weighted by Crippen LogP contribution is 2.29. The Morgan fingerprint density at radius 3 is 2.53 bits per heavy atom. The van der Waals surface area contributed by atoms with Crippen LogP contribution in [0, 0.1) is 0 Å². The van der Waals surface area contributed by atoms with Crippen molar-refractivity contribution in [1.29, 1.82) is 0 Å². The first kappa shape index (κ1) is 21.8. The summed E-state index contributed by atoms with van der Waals surface area (Å²) < 4.78 is 11.4. The van der Waals surface area contributed by atoms with Crippen LogP contribution < -0.4 is 14.8 Å². The first-order valence-corrected chi connectivity index (χ1v) is 11.0. The number of nitrogens with zero attached hydrogens (tertiary/aromatic N) is 2. The number of likely N-dealkylation sites (tertiary alicyclic amines) is 1. The Bertz CT molecular complexity index is 1000. The second kappa shape index (κ2) is 10.8. The van der Waals surface area contributed by atoms with E-state index < -0.39 is 0 Å². The van der Waals surface area contributed by atoms with Gasteiger partial charge < -0.3 is 14.8 Å². The van der Waals surface area contributed by atoms with Crippen LogP contribution in [0.1, 0.15) is 34.5 Å². The summed E-state index contributed by atoms with van der Waals surface area (Å²) in [6, 6.07) is 21.4. The molecule has 1 amide bonds. The quantitative estimate of drug-likeness (QED) is 0.583. The minimum atomic E-state index is -0.0823. The molecule has 2 heterocycles. The third kappa shape index (κ3) is 5.86. The van der Waals surface area contributed by atoms with Crippen LogP contribution in [-0.4, -0.2) is 42.0 Å². The van der Waals surface area contributed by atoms with Gasteiger partial charge >= 0.3 is 0 Å². The molecule has 0 radical (unpaired) electrons. The molecule has 4 rings (SSSR count). The number of methoxy groups -OCH3 is 1. The molecule has 6 heteroatoms. The van der Waals surface area contributed by atoms with E-state index in [1.807, 2.05) is 48.7 Å². The average Bonchev–Trinajstić information content (AvgIpc) is 2.85. The van der Waals surface area contributed by atoms with Gasteiger partial charge in [-0.15, -0.1) is 0 Å². The number of piperidine rings is 1. The molecule has 1 aliphatic heterocycles. The van der Waals surface area contributed by atoms with E-state index in [2.05, 4.69) is 21.3 Å². The van der Waals surface area contributed by atoms with Gasteiger partial charge in [0.1, 0.15) is 6.61 Å². The molecule has 1 aromatic heterocycles. The van der Waals surface area contributed by atoms with Crippen molar-refractivity contribution in [2.75, 3.05) is 20.2 Å². The minimum Gasteiger partial charge on any atom is -0.493 e. The standard InChI is InChI=1S/C26H29N3O3/c1-31-25-17-21(10-11-24(25)32-19-20-7-3-2-4-8-20)26(30)28-22-12-15-29(16-13-22)18-23-9-5-6-14-27-23/h2-11,14,17,22H,12-13,15-16,18-19H2,1H3,(H,28,30). The zero-order valence-electron chi connectivity index (χ0n) is 18.4. The predicted molar refractivity (Wildman–Crippen MR) is 124 cm³/mol. The van der Waals surface area contributed by atoms with Crippen molar-refractivity contribution in [1.82, 2.24) is 15.2 Å². The molecule has 3 aromatic rings. The molecule has 2 aromatic carbocycles. The highest BCUT2D eigenvalue weighted by atomic mass is 16.5. The molecular formula is C26H29N3O3. The van der Waals surface area contributed by atoms with E-state index in [-0.39, 0.29) is 11.9 Å². The molecule has 0 saturated carbocycles. The van der Waals surface area contributed by atoms with Gasteiger partial charge in [0.15, 0.2) is 11.5 Å². The Morgan fingerprint density at radius 1 is 1.03 bits per heavy atom. The van der Waals surface area contributed by atoms with Crippen LogP contribution in [0.15, 0.2) is 72.9 Å². The zero-order chi connectivity index (χ0) is 22.2. The fraction of sp³-hybridized carbons (Fsp3) is 0.308. The van der Waals surface area contributed by atoms with Gasteiger partial charge in [-0.05, 0) is 48.7 Å². The summed E-state index contributed by atoms with van der Waals surface area (Å²) in [7, 11) is 1.59. The first-order valence-electron chi connectivity index (χ1n) is 11.0. The van der Waals surface area contributed by atoms with Crippen molar-refractivity contribution in [3.63, 3.8) is 0 Å². The van der Waals surface area contributed by atoms with Gasteiger partial charge in [0.05, 0.1) is 12.8 Å². The van der Waals surface area contributed by atoms with Gasteiger partial charge in [0.25, 0.3) is 5.91 Å². The third-order valence-corrected chi connectivity index (χ3v) is 5.70. The molecule has 0 bridgehead atoms. The lowest BCUT2D eigenvalue weighted by Crippen LogP contribution is -2.44. The summed E-state index contributed by atoms with van der Waals surface area (Å²) >= 11 is 0. The number of aromatic nitrogens is 1. The molecule has 166 valence electrons. The Balaban J connectivity index is 1.29. The minimum absolute atomic E-state index is 0.0823. The number of nitrogens with one attached hydrogen (secondary N) is 1. The molecule has 0 aliphatic carbocycles. The number of carbonyl (C=O) groups excluding carboxylic acids is 1. The maximum absolute atomic E-state index is 12.8. The highest BCUT2D eigenvalue weighted by Gasteiger charge is 2.22. The number of ether oxygens (including phenoxy) is 2. The molecular weight excluding hydrogens is 402 g/mol. The summed E-state index contributed by atoms with van der Waals surface area (Å²) in [6.45, 7) is 3.18. The summed E-state index contributed by atoms with van der Waals surface area (Å²) in [6.07, 6.45) is 3.68. The smallest absolute Gasteiger partial charge is 0.251 e. The Morgan fingerprint density at radius 2 is 1.81 bits per heavy atom. The van der Waals surface area contributed by atoms with Crippen LogP contribution in [0.4, 0.5) is 0 Å². The van der Waals surface area contributed by atoms with Crippen molar-refractivity contribution < 1.29 is 14.3 Å². The third-order valence-electron chi connectivity index (χ3n) is 5.70.